The van der Waals surface area contributed by atoms with Gasteiger partial charge in [-0.3, -0.25) is 4.79 Å². The molecular formula is C14H13ClN4O. The Balaban J connectivity index is 2.06. The first-order valence-corrected chi connectivity index (χ1v) is 6.33. The van der Waals surface area contributed by atoms with E-state index in [1.807, 2.05) is 0 Å². The van der Waals surface area contributed by atoms with Gasteiger partial charge in [0.15, 0.2) is 5.69 Å². The predicted molar refractivity (Wildman–Crippen MR) is 80.1 cm³/mol. The minimum atomic E-state index is -0.360. The molecule has 20 heavy (non-hydrogen) atoms. The maximum Gasteiger partial charge on any atom is 0.276 e. The second kappa shape index (κ2) is 6.68. The molecule has 0 unspecified atom stereocenters. The summed E-state index contributed by atoms with van der Waals surface area (Å²) in [6, 6.07) is 10.3. The number of hydrogen-bond donors (Lipinski definition) is 2. The Morgan fingerprint density at radius 2 is 2.05 bits per heavy atom. The number of anilines is 2. The fourth-order valence-corrected chi connectivity index (χ4v) is 1.66. The second-order valence-corrected chi connectivity index (χ2v) is 4.31. The highest BCUT2D eigenvalue weighted by molar-refractivity contribution is 6.33. The molecule has 2 N–H and O–H groups in total. The van der Waals surface area contributed by atoms with Gasteiger partial charge in [0, 0.05) is 6.54 Å². The summed E-state index contributed by atoms with van der Waals surface area (Å²) in [7, 11) is 0. The van der Waals surface area contributed by atoms with Crippen LogP contribution in [0.5, 0.6) is 0 Å². The van der Waals surface area contributed by atoms with E-state index in [-0.39, 0.29) is 11.6 Å². The molecule has 0 aliphatic carbocycles. The minimum Gasteiger partial charge on any atom is -0.365 e. The second-order valence-electron chi connectivity index (χ2n) is 3.91. The number of nitrogens with zero attached hydrogens (tertiary/aromatic N) is 2. The first-order valence-electron chi connectivity index (χ1n) is 5.95. The molecule has 5 nitrogen and oxygen atoms in total. The van der Waals surface area contributed by atoms with Crippen LogP contribution >= 0.6 is 11.6 Å². The van der Waals surface area contributed by atoms with Crippen LogP contribution in [-0.4, -0.2) is 22.6 Å². The van der Waals surface area contributed by atoms with E-state index in [0.29, 0.717) is 23.1 Å². The van der Waals surface area contributed by atoms with Crippen LogP contribution in [0.25, 0.3) is 0 Å². The van der Waals surface area contributed by atoms with E-state index in [4.69, 9.17) is 11.6 Å². The fraction of sp³-hybridized carbons (Fsp3) is 0.0714. The van der Waals surface area contributed by atoms with Crippen molar-refractivity contribution in [2.24, 2.45) is 0 Å². The van der Waals surface area contributed by atoms with Gasteiger partial charge < -0.3 is 10.6 Å². The predicted octanol–water partition coefficient (Wildman–Crippen LogP) is 2.98. The lowest BCUT2D eigenvalue weighted by atomic mass is 10.3. The highest BCUT2D eigenvalue weighted by atomic mass is 35.5. The van der Waals surface area contributed by atoms with E-state index < -0.39 is 0 Å². The molecule has 0 bridgehead atoms. The van der Waals surface area contributed by atoms with Crippen molar-refractivity contribution < 1.29 is 4.79 Å². The Bertz CT molecular complexity index is 613. The summed E-state index contributed by atoms with van der Waals surface area (Å²) in [5, 5.41) is 13.9. The van der Waals surface area contributed by atoms with Crippen molar-refractivity contribution in [3.05, 3.63) is 59.8 Å². The number of rotatable bonds is 5. The normalized spacial score (nSPS) is 9.85. The molecule has 6 heteroatoms. The smallest absolute Gasteiger partial charge is 0.276 e. The molecular weight excluding hydrogens is 276 g/mol. The zero-order chi connectivity index (χ0) is 14.4. The van der Waals surface area contributed by atoms with Crippen LogP contribution < -0.4 is 10.6 Å². The van der Waals surface area contributed by atoms with Gasteiger partial charge in [-0.1, -0.05) is 29.8 Å². The third-order valence-electron chi connectivity index (χ3n) is 2.45. The lowest BCUT2D eigenvalue weighted by Crippen LogP contribution is -2.15. The summed E-state index contributed by atoms with van der Waals surface area (Å²) >= 11 is 5.97. The molecule has 2 rings (SSSR count). The number of aromatic nitrogens is 2. The zero-order valence-corrected chi connectivity index (χ0v) is 11.4. The third kappa shape index (κ3) is 3.55. The van der Waals surface area contributed by atoms with Gasteiger partial charge in [0.05, 0.1) is 10.7 Å². The van der Waals surface area contributed by atoms with E-state index in [0.717, 1.165) is 0 Å². The lowest BCUT2D eigenvalue weighted by Gasteiger charge is -2.06. The van der Waals surface area contributed by atoms with Crippen LogP contribution in [0.1, 0.15) is 10.5 Å². The molecule has 0 radical (unpaired) electrons. The van der Waals surface area contributed by atoms with Gasteiger partial charge in [0.1, 0.15) is 5.82 Å². The number of benzene rings is 1. The summed E-state index contributed by atoms with van der Waals surface area (Å²) < 4.78 is 0. The number of amides is 1. The topological polar surface area (TPSA) is 66.9 Å². The van der Waals surface area contributed by atoms with E-state index in [1.54, 1.807) is 42.5 Å². The van der Waals surface area contributed by atoms with Gasteiger partial charge in [-0.25, -0.2) is 0 Å². The maximum atomic E-state index is 12.0. The summed E-state index contributed by atoms with van der Waals surface area (Å²) in [5.41, 5.74) is 0.754. The average Bonchev–Trinajstić information content (AvgIpc) is 2.48. The van der Waals surface area contributed by atoms with Crippen molar-refractivity contribution in [1.82, 2.24) is 10.2 Å². The van der Waals surface area contributed by atoms with Crippen molar-refractivity contribution in [3.8, 4) is 0 Å². The zero-order valence-electron chi connectivity index (χ0n) is 10.6. The molecule has 0 spiro atoms. The molecule has 0 aliphatic rings. The molecule has 1 aromatic heterocycles. The summed E-state index contributed by atoms with van der Waals surface area (Å²) in [5.74, 6) is 0.222. The van der Waals surface area contributed by atoms with Crippen molar-refractivity contribution in [1.29, 1.82) is 0 Å². The molecule has 1 heterocycles. The minimum absolute atomic E-state index is 0.217. The molecule has 2 aromatic rings. The molecule has 1 aromatic carbocycles. The number of para-hydroxylation sites is 1. The first-order chi connectivity index (χ1) is 9.70. The SMILES string of the molecule is C=CCNc1ccc(C(=O)Nc2ccccc2Cl)nn1. The van der Waals surface area contributed by atoms with Crippen LogP contribution in [0, 0.1) is 0 Å². The van der Waals surface area contributed by atoms with Gasteiger partial charge in [-0.15, -0.1) is 16.8 Å². The van der Waals surface area contributed by atoms with Crippen molar-refractivity contribution in [2.75, 3.05) is 17.2 Å². The van der Waals surface area contributed by atoms with Crippen LogP contribution in [0.2, 0.25) is 5.02 Å². The molecule has 1 amide bonds. The van der Waals surface area contributed by atoms with E-state index in [1.165, 1.54) is 0 Å². The van der Waals surface area contributed by atoms with Crippen molar-refractivity contribution in [2.45, 2.75) is 0 Å². The maximum absolute atomic E-state index is 12.0. The third-order valence-corrected chi connectivity index (χ3v) is 2.78. The van der Waals surface area contributed by atoms with Crippen molar-refractivity contribution in [3.63, 3.8) is 0 Å². The fourth-order valence-electron chi connectivity index (χ4n) is 1.47. The standard InChI is InChI=1S/C14H13ClN4O/c1-2-9-16-13-8-7-12(18-19-13)14(20)17-11-6-4-3-5-10(11)15/h2-8H,1,9H2,(H,16,19)(H,17,20). The summed E-state index contributed by atoms with van der Waals surface area (Å²) in [6.45, 7) is 4.17. The average molecular weight is 289 g/mol. The van der Waals surface area contributed by atoms with Gasteiger partial charge in [-0.05, 0) is 24.3 Å². The first kappa shape index (κ1) is 14.0. The van der Waals surface area contributed by atoms with Gasteiger partial charge >= 0.3 is 0 Å². The highest BCUT2D eigenvalue weighted by Crippen LogP contribution is 2.20. The van der Waals surface area contributed by atoms with Crippen LogP contribution in [0.15, 0.2) is 49.1 Å². The largest absolute Gasteiger partial charge is 0.365 e. The van der Waals surface area contributed by atoms with E-state index in [2.05, 4.69) is 27.4 Å². The van der Waals surface area contributed by atoms with E-state index in [9.17, 15) is 4.79 Å². The number of carbonyl (C=O) groups is 1. The molecule has 0 aliphatic heterocycles. The van der Waals surface area contributed by atoms with Gasteiger partial charge in [-0.2, -0.15) is 0 Å². The van der Waals surface area contributed by atoms with Crippen LogP contribution in [0.3, 0.4) is 0 Å². The summed E-state index contributed by atoms with van der Waals surface area (Å²) in [4.78, 5) is 12.0. The lowest BCUT2D eigenvalue weighted by molar-refractivity contribution is 0.102. The van der Waals surface area contributed by atoms with Gasteiger partial charge in [0.25, 0.3) is 5.91 Å². The highest BCUT2D eigenvalue weighted by Gasteiger charge is 2.10. The molecule has 102 valence electrons. The Morgan fingerprint density at radius 3 is 2.70 bits per heavy atom. The number of halogens is 1. The number of carbonyl (C=O) groups excluding carboxylic acids is 1. The summed E-state index contributed by atoms with van der Waals surface area (Å²) in [6.07, 6.45) is 1.71. The Kier molecular flexibility index (Phi) is 4.68. The molecule has 0 fully saturated rings. The van der Waals surface area contributed by atoms with Gasteiger partial charge in [0.2, 0.25) is 0 Å². The van der Waals surface area contributed by atoms with Crippen LogP contribution in [-0.2, 0) is 0 Å². The number of nitrogens with one attached hydrogen (secondary N) is 2. The monoisotopic (exact) mass is 288 g/mol. The Hall–Kier alpha value is -2.40. The molecule has 0 saturated heterocycles. The number of hydrogen-bond acceptors (Lipinski definition) is 4. The van der Waals surface area contributed by atoms with E-state index >= 15 is 0 Å². The van der Waals surface area contributed by atoms with Crippen molar-refractivity contribution >= 4 is 29.0 Å². The molecule has 0 atom stereocenters. The quantitative estimate of drug-likeness (QED) is 0.830. The Labute approximate surface area is 121 Å². The van der Waals surface area contributed by atoms with Crippen LogP contribution in [0.4, 0.5) is 11.5 Å². The Morgan fingerprint density at radius 1 is 1.25 bits per heavy atom. The molecule has 0 saturated carbocycles.